The maximum Gasteiger partial charge on any atom is 0.261 e. The Morgan fingerprint density at radius 3 is 2.51 bits per heavy atom. The molecule has 1 aliphatic heterocycles. The van der Waals surface area contributed by atoms with Crippen LogP contribution in [0.2, 0.25) is 0 Å². The quantitative estimate of drug-likeness (QED) is 0.209. The number of aryl methyl sites for hydroxylation is 1. The molecule has 37 heavy (non-hydrogen) atoms. The summed E-state index contributed by atoms with van der Waals surface area (Å²) < 4.78 is 5.66. The van der Waals surface area contributed by atoms with Gasteiger partial charge in [0.25, 0.3) is 11.8 Å². The first-order chi connectivity index (χ1) is 18.0. The summed E-state index contributed by atoms with van der Waals surface area (Å²) >= 11 is 0. The predicted octanol–water partition coefficient (Wildman–Crippen LogP) is 4.96. The molecule has 1 aliphatic rings. The first-order valence-corrected chi connectivity index (χ1v) is 12.7. The number of nitrogens with one attached hydrogen (secondary N) is 2. The van der Waals surface area contributed by atoms with E-state index in [1.165, 1.54) is 16.5 Å². The minimum Gasteiger partial charge on any atom is -0.495 e. The lowest BCUT2D eigenvalue weighted by molar-refractivity contribution is -0.117. The van der Waals surface area contributed by atoms with Gasteiger partial charge in [0.05, 0.1) is 18.4 Å². The summed E-state index contributed by atoms with van der Waals surface area (Å²) in [6.07, 6.45) is 4.47. The lowest BCUT2D eigenvalue weighted by Gasteiger charge is -2.29. The van der Waals surface area contributed by atoms with E-state index in [0.29, 0.717) is 47.5 Å². The third-order valence-corrected chi connectivity index (χ3v) is 6.79. The highest BCUT2D eigenvalue weighted by atomic mass is 16.5. The van der Waals surface area contributed by atoms with E-state index in [1.807, 2.05) is 37.3 Å². The number of anilines is 1. The molecular weight excluding hydrogens is 466 g/mol. The first-order valence-electron chi connectivity index (χ1n) is 12.7. The average Bonchev–Trinajstić information content (AvgIpc) is 2.93. The molecule has 0 saturated heterocycles. The minimum absolute atomic E-state index is 0.129. The second kappa shape index (κ2) is 11.7. The largest absolute Gasteiger partial charge is 0.495 e. The molecule has 3 aromatic carbocycles. The summed E-state index contributed by atoms with van der Waals surface area (Å²) in [6, 6.07) is 17.2. The van der Waals surface area contributed by atoms with Gasteiger partial charge in [-0.15, -0.1) is 0 Å². The van der Waals surface area contributed by atoms with Crippen LogP contribution in [0.25, 0.3) is 10.8 Å². The Balaban J connectivity index is 1.57. The van der Waals surface area contributed by atoms with Gasteiger partial charge in [-0.1, -0.05) is 56.0 Å². The van der Waals surface area contributed by atoms with Crippen LogP contribution in [0.1, 0.15) is 52.5 Å². The monoisotopic (exact) mass is 499 g/mol. The molecule has 3 aromatic rings. The van der Waals surface area contributed by atoms with E-state index in [1.54, 1.807) is 19.2 Å². The van der Waals surface area contributed by atoms with Gasteiger partial charge in [0.2, 0.25) is 5.91 Å². The van der Waals surface area contributed by atoms with Gasteiger partial charge >= 0.3 is 0 Å². The number of unbranched alkanes of at least 4 members (excludes halogenated alkanes) is 1. The molecule has 2 N–H and O–H groups in total. The van der Waals surface area contributed by atoms with Crippen molar-refractivity contribution in [1.29, 1.82) is 0 Å². The standard InChI is InChI=1S/C30H33N3O4/c1-4-21(32-26(34)5-2)19-31-28-22-15-11-16-23-27(22)24(18-25(28)37-3)30(36)33(29(23)35)17-10-9-14-20-12-7-6-8-13-20/h5-8,11-13,15-16,18,21,31H,2,4,9-10,14,17,19H2,1,3H3,(H,32,34). The summed E-state index contributed by atoms with van der Waals surface area (Å²) in [5.74, 6) is -0.305. The number of imide groups is 1. The second-order valence-electron chi connectivity index (χ2n) is 9.13. The zero-order valence-electron chi connectivity index (χ0n) is 21.4. The van der Waals surface area contributed by atoms with Gasteiger partial charge < -0.3 is 15.4 Å². The molecule has 1 atom stereocenters. The molecule has 7 nitrogen and oxygen atoms in total. The van der Waals surface area contributed by atoms with Crippen molar-refractivity contribution < 1.29 is 19.1 Å². The van der Waals surface area contributed by atoms with Gasteiger partial charge in [-0.2, -0.15) is 0 Å². The van der Waals surface area contributed by atoms with Crippen molar-refractivity contribution in [3.05, 3.63) is 83.9 Å². The smallest absolute Gasteiger partial charge is 0.261 e. The topological polar surface area (TPSA) is 87.7 Å². The van der Waals surface area contributed by atoms with E-state index in [4.69, 9.17) is 4.74 Å². The fourth-order valence-corrected chi connectivity index (χ4v) is 4.76. The normalized spacial score (nSPS) is 13.4. The number of nitrogens with zero attached hydrogens (tertiary/aromatic N) is 1. The maximum absolute atomic E-state index is 13.5. The molecule has 0 aliphatic carbocycles. The molecule has 0 spiro atoms. The number of rotatable bonds is 12. The summed E-state index contributed by atoms with van der Waals surface area (Å²) in [5, 5.41) is 7.64. The van der Waals surface area contributed by atoms with Gasteiger partial charge in [0.15, 0.2) is 0 Å². The van der Waals surface area contributed by atoms with Gasteiger partial charge in [0.1, 0.15) is 5.75 Å². The van der Waals surface area contributed by atoms with Crippen LogP contribution in [0.4, 0.5) is 5.69 Å². The highest BCUT2D eigenvalue weighted by Gasteiger charge is 2.34. The second-order valence-corrected chi connectivity index (χ2v) is 9.13. The van der Waals surface area contributed by atoms with Crippen molar-refractivity contribution >= 4 is 34.2 Å². The number of amides is 3. The average molecular weight is 500 g/mol. The van der Waals surface area contributed by atoms with Crippen LogP contribution in [0.15, 0.2) is 67.3 Å². The number of ether oxygens (including phenoxy) is 1. The lowest BCUT2D eigenvalue weighted by atomic mass is 9.92. The fraction of sp³-hybridized carbons (Fsp3) is 0.300. The van der Waals surface area contributed by atoms with E-state index in [-0.39, 0.29) is 23.8 Å². The Bertz CT molecular complexity index is 1320. The lowest BCUT2D eigenvalue weighted by Crippen LogP contribution is -2.41. The highest BCUT2D eigenvalue weighted by molar-refractivity contribution is 6.27. The summed E-state index contributed by atoms with van der Waals surface area (Å²) in [6.45, 7) is 6.30. The first kappa shape index (κ1) is 25.9. The van der Waals surface area contributed by atoms with Gasteiger partial charge in [-0.05, 0) is 49.5 Å². The van der Waals surface area contributed by atoms with Crippen LogP contribution < -0.4 is 15.4 Å². The van der Waals surface area contributed by atoms with E-state index < -0.39 is 0 Å². The molecule has 192 valence electrons. The molecule has 1 heterocycles. The van der Waals surface area contributed by atoms with Crippen LogP contribution in [0, 0.1) is 0 Å². The van der Waals surface area contributed by atoms with Crippen LogP contribution in [0.5, 0.6) is 5.75 Å². The zero-order chi connectivity index (χ0) is 26.4. The summed E-state index contributed by atoms with van der Waals surface area (Å²) in [5.41, 5.74) is 2.90. The van der Waals surface area contributed by atoms with Gasteiger partial charge in [-0.25, -0.2) is 0 Å². The molecule has 1 unspecified atom stereocenters. The molecule has 0 bridgehead atoms. The van der Waals surface area contributed by atoms with E-state index in [0.717, 1.165) is 24.6 Å². The van der Waals surface area contributed by atoms with Crippen molar-refractivity contribution in [2.45, 2.75) is 38.6 Å². The van der Waals surface area contributed by atoms with Crippen LogP contribution >= 0.6 is 0 Å². The number of methoxy groups -OCH3 is 1. The van der Waals surface area contributed by atoms with Crippen molar-refractivity contribution in [3.8, 4) is 5.75 Å². The van der Waals surface area contributed by atoms with Crippen molar-refractivity contribution in [3.63, 3.8) is 0 Å². The zero-order valence-corrected chi connectivity index (χ0v) is 21.4. The summed E-state index contributed by atoms with van der Waals surface area (Å²) in [4.78, 5) is 40.0. The molecule has 3 amide bonds. The summed E-state index contributed by atoms with van der Waals surface area (Å²) in [7, 11) is 1.56. The Hall–Kier alpha value is -4.13. The van der Waals surface area contributed by atoms with Crippen LogP contribution in [0.3, 0.4) is 0 Å². The van der Waals surface area contributed by atoms with Crippen molar-refractivity contribution in [2.75, 3.05) is 25.5 Å². The molecule has 0 fully saturated rings. The number of hydrogen-bond donors (Lipinski definition) is 2. The highest BCUT2D eigenvalue weighted by Crippen LogP contribution is 2.40. The SMILES string of the molecule is C=CC(=O)NC(CC)CNc1c(OC)cc2c3c(cccc13)C(=O)N(CCCCc1ccccc1)C2=O. The Morgan fingerprint density at radius 1 is 1.05 bits per heavy atom. The maximum atomic E-state index is 13.5. The molecular formula is C30H33N3O4. The number of benzene rings is 3. The van der Waals surface area contributed by atoms with Crippen LogP contribution in [-0.4, -0.2) is 48.9 Å². The molecule has 4 rings (SSSR count). The van der Waals surface area contributed by atoms with E-state index in [9.17, 15) is 14.4 Å². The van der Waals surface area contributed by atoms with Crippen molar-refractivity contribution in [2.24, 2.45) is 0 Å². The minimum atomic E-state index is -0.303. The van der Waals surface area contributed by atoms with E-state index in [2.05, 4.69) is 29.3 Å². The number of carbonyl (C=O) groups excluding carboxylic acids is 3. The Morgan fingerprint density at radius 2 is 1.81 bits per heavy atom. The van der Waals surface area contributed by atoms with Crippen molar-refractivity contribution in [1.82, 2.24) is 10.2 Å². The molecule has 0 saturated carbocycles. The Labute approximate surface area is 217 Å². The third-order valence-electron chi connectivity index (χ3n) is 6.79. The van der Waals surface area contributed by atoms with E-state index >= 15 is 0 Å². The molecule has 7 heteroatoms. The number of hydrogen-bond acceptors (Lipinski definition) is 5. The number of carbonyl (C=O) groups is 3. The predicted molar refractivity (Wildman–Crippen MR) is 146 cm³/mol. The fourth-order valence-electron chi connectivity index (χ4n) is 4.76. The molecule has 0 radical (unpaired) electrons. The Kier molecular flexibility index (Phi) is 8.23. The molecule has 0 aromatic heterocycles. The van der Waals surface area contributed by atoms with Gasteiger partial charge in [-0.3, -0.25) is 19.3 Å². The van der Waals surface area contributed by atoms with Gasteiger partial charge in [0, 0.05) is 35.5 Å². The third kappa shape index (κ3) is 5.50. The van der Waals surface area contributed by atoms with Crippen LogP contribution in [-0.2, 0) is 11.2 Å².